The molecule has 1 fully saturated rings. The van der Waals surface area contributed by atoms with Crippen molar-refractivity contribution in [3.05, 3.63) is 24.3 Å². The number of nitrogens with two attached hydrogens (primary N) is 1. The van der Waals surface area contributed by atoms with Crippen molar-refractivity contribution in [3.8, 4) is 0 Å². The lowest BCUT2D eigenvalue weighted by Crippen LogP contribution is -2.34. The Morgan fingerprint density at radius 1 is 1.47 bits per heavy atom. The number of hydrogen-bond donors (Lipinski definition) is 1. The lowest BCUT2D eigenvalue weighted by molar-refractivity contribution is -0.115. The molecule has 0 saturated carbocycles. The van der Waals surface area contributed by atoms with Crippen molar-refractivity contribution in [1.29, 1.82) is 0 Å². The molecule has 2 N–H and O–H groups in total. The van der Waals surface area contributed by atoms with Crippen molar-refractivity contribution in [1.82, 2.24) is 0 Å². The molecule has 0 unspecified atom stereocenters. The van der Waals surface area contributed by atoms with Gasteiger partial charge in [-0.3, -0.25) is 4.79 Å². The van der Waals surface area contributed by atoms with E-state index in [0.29, 0.717) is 16.7 Å². The standard InChI is InChI=1S/C12H16N2O2S/c1-14(10-4-2-9(13)3-5-10)12(15)8-17-11-6-16-7-11/h2-5,11H,6-8,13H2,1H3. The van der Waals surface area contributed by atoms with E-state index in [0.717, 1.165) is 18.9 Å². The van der Waals surface area contributed by atoms with Crippen molar-refractivity contribution in [3.63, 3.8) is 0 Å². The van der Waals surface area contributed by atoms with E-state index in [1.165, 1.54) is 0 Å². The summed E-state index contributed by atoms with van der Waals surface area (Å²) < 4.78 is 5.07. The van der Waals surface area contributed by atoms with Crippen LogP contribution in [0.4, 0.5) is 11.4 Å². The number of carbonyl (C=O) groups excluding carboxylic acids is 1. The number of amides is 1. The van der Waals surface area contributed by atoms with E-state index in [1.807, 2.05) is 12.1 Å². The minimum Gasteiger partial charge on any atom is -0.399 e. The van der Waals surface area contributed by atoms with Crippen molar-refractivity contribution in [2.24, 2.45) is 0 Å². The number of rotatable bonds is 4. The predicted molar refractivity (Wildman–Crippen MR) is 71.3 cm³/mol. The molecule has 1 aliphatic rings. The van der Waals surface area contributed by atoms with E-state index < -0.39 is 0 Å². The van der Waals surface area contributed by atoms with Crippen LogP contribution in [0, 0.1) is 0 Å². The summed E-state index contributed by atoms with van der Waals surface area (Å²) >= 11 is 1.66. The van der Waals surface area contributed by atoms with Gasteiger partial charge in [0.1, 0.15) is 0 Å². The monoisotopic (exact) mass is 252 g/mol. The normalized spacial score (nSPS) is 15.4. The Labute approximate surface area is 105 Å². The molecule has 17 heavy (non-hydrogen) atoms. The van der Waals surface area contributed by atoms with E-state index in [1.54, 1.807) is 35.8 Å². The number of ether oxygens (including phenoxy) is 1. The molecule has 0 bridgehead atoms. The summed E-state index contributed by atoms with van der Waals surface area (Å²) in [6.45, 7) is 1.53. The average Bonchev–Trinajstić information content (AvgIpc) is 2.27. The van der Waals surface area contributed by atoms with Gasteiger partial charge in [0.15, 0.2) is 0 Å². The quantitative estimate of drug-likeness (QED) is 0.822. The minimum atomic E-state index is 0.103. The molecule has 1 heterocycles. The van der Waals surface area contributed by atoms with Gasteiger partial charge in [0.2, 0.25) is 5.91 Å². The maximum absolute atomic E-state index is 11.9. The fraction of sp³-hybridized carbons (Fsp3) is 0.417. The molecule has 1 saturated heterocycles. The highest BCUT2D eigenvalue weighted by Gasteiger charge is 2.21. The summed E-state index contributed by atoms with van der Waals surface area (Å²) in [5.41, 5.74) is 7.18. The van der Waals surface area contributed by atoms with E-state index in [9.17, 15) is 4.79 Å². The van der Waals surface area contributed by atoms with Crippen molar-refractivity contribution < 1.29 is 9.53 Å². The van der Waals surface area contributed by atoms with E-state index in [4.69, 9.17) is 10.5 Å². The first kappa shape index (κ1) is 12.3. The third kappa shape index (κ3) is 3.14. The van der Waals surface area contributed by atoms with Gasteiger partial charge in [-0.15, -0.1) is 11.8 Å². The van der Waals surface area contributed by atoms with E-state index in [-0.39, 0.29) is 5.91 Å². The van der Waals surface area contributed by atoms with Crippen LogP contribution in [0.25, 0.3) is 0 Å². The second kappa shape index (κ2) is 5.42. The topological polar surface area (TPSA) is 55.6 Å². The van der Waals surface area contributed by atoms with Crippen LogP contribution in [0.1, 0.15) is 0 Å². The first-order valence-electron chi connectivity index (χ1n) is 5.48. The molecule has 4 nitrogen and oxygen atoms in total. The summed E-state index contributed by atoms with van der Waals surface area (Å²) in [5, 5.41) is 0.485. The Morgan fingerprint density at radius 2 is 2.12 bits per heavy atom. The molecular formula is C12H16N2O2S. The molecule has 1 aromatic rings. The van der Waals surface area contributed by atoms with Crippen LogP contribution in [0.5, 0.6) is 0 Å². The van der Waals surface area contributed by atoms with Crippen LogP contribution in [0.15, 0.2) is 24.3 Å². The Bertz CT molecular complexity index is 390. The van der Waals surface area contributed by atoms with Gasteiger partial charge in [0.25, 0.3) is 0 Å². The number of anilines is 2. The fourth-order valence-electron chi connectivity index (χ4n) is 1.44. The summed E-state index contributed by atoms with van der Waals surface area (Å²) in [6, 6.07) is 7.30. The first-order valence-corrected chi connectivity index (χ1v) is 6.53. The highest BCUT2D eigenvalue weighted by Crippen LogP contribution is 2.21. The van der Waals surface area contributed by atoms with Gasteiger partial charge in [0, 0.05) is 18.4 Å². The second-order valence-electron chi connectivity index (χ2n) is 4.01. The van der Waals surface area contributed by atoms with Gasteiger partial charge in [0.05, 0.1) is 24.2 Å². The zero-order chi connectivity index (χ0) is 12.3. The van der Waals surface area contributed by atoms with Crippen LogP contribution < -0.4 is 10.6 Å². The smallest absolute Gasteiger partial charge is 0.236 e. The highest BCUT2D eigenvalue weighted by molar-refractivity contribution is 8.00. The predicted octanol–water partition coefficient (Wildman–Crippen LogP) is 1.36. The summed E-state index contributed by atoms with van der Waals surface area (Å²) in [4.78, 5) is 13.6. The van der Waals surface area contributed by atoms with Crippen LogP contribution in [-0.4, -0.2) is 37.2 Å². The number of carbonyl (C=O) groups is 1. The molecule has 0 aliphatic carbocycles. The number of nitrogens with zero attached hydrogens (tertiary/aromatic N) is 1. The maximum atomic E-state index is 11.9. The van der Waals surface area contributed by atoms with Gasteiger partial charge >= 0.3 is 0 Å². The van der Waals surface area contributed by atoms with Crippen molar-refractivity contribution in [2.45, 2.75) is 5.25 Å². The molecule has 2 rings (SSSR count). The van der Waals surface area contributed by atoms with Crippen LogP contribution >= 0.6 is 11.8 Å². The minimum absolute atomic E-state index is 0.103. The molecular weight excluding hydrogens is 236 g/mol. The van der Waals surface area contributed by atoms with Gasteiger partial charge in [-0.2, -0.15) is 0 Å². The Kier molecular flexibility index (Phi) is 3.91. The Hall–Kier alpha value is -1.20. The first-order chi connectivity index (χ1) is 8.16. The largest absolute Gasteiger partial charge is 0.399 e. The number of thioether (sulfide) groups is 1. The Morgan fingerprint density at radius 3 is 2.65 bits per heavy atom. The van der Waals surface area contributed by atoms with Crippen molar-refractivity contribution >= 4 is 29.0 Å². The van der Waals surface area contributed by atoms with Crippen LogP contribution in [0.2, 0.25) is 0 Å². The zero-order valence-electron chi connectivity index (χ0n) is 9.76. The maximum Gasteiger partial charge on any atom is 0.236 e. The third-order valence-electron chi connectivity index (χ3n) is 2.70. The third-order valence-corrected chi connectivity index (χ3v) is 3.86. The molecule has 1 aromatic carbocycles. The molecule has 0 atom stereocenters. The molecule has 1 aliphatic heterocycles. The fourth-order valence-corrected chi connectivity index (χ4v) is 2.40. The zero-order valence-corrected chi connectivity index (χ0v) is 10.6. The van der Waals surface area contributed by atoms with Gasteiger partial charge in [-0.1, -0.05) is 0 Å². The molecule has 92 valence electrons. The van der Waals surface area contributed by atoms with E-state index in [2.05, 4.69) is 0 Å². The highest BCUT2D eigenvalue weighted by atomic mass is 32.2. The lowest BCUT2D eigenvalue weighted by atomic mass is 10.2. The van der Waals surface area contributed by atoms with Crippen LogP contribution in [-0.2, 0) is 9.53 Å². The molecule has 1 amide bonds. The van der Waals surface area contributed by atoms with Crippen molar-refractivity contribution in [2.75, 3.05) is 36.6 Å². The summed E-state index contributed by atoms with van der Waals surface area (Å²) in [5.74, 6) is 0.598. The van der Waals surface area contributed by atoms with Gasteiger partial charge in [-0.25, -0.2) is 0 Å². The number of hydrogen-bond acceptors (Lipinski definition) is 4. The lowest BCUT2D eigenvalue weighted by Gasteiger charge is -2.26. The molecule has 5 heteroatoms. The molecule has 0 aromatic heterocycles. The van der Waals surface area contributed by atoms with Gasteiger partial charge in [-0.05, 0) is 24.3 Å². The Balaban J connectivity index is 1.87. The number of nitrogen functional groups attached to an aromatic ring is 1. The average molecular weight is 252 g/mol. The number of benzene rings is 1. The second-order valence-corrected chi connectivity index (χ2v) is 5.30. The van der Waals surface area contributed by atoms with Gasteiger partial charge < -0.3 is 15.4 Å². The van der Waals surface area contributed by atoms with E-state index >= 15 is 0 Å². The molecule has 0 radical (unpaired) electrons. The van der Waals surface area contributed by atoms with Crippen LogP contribution in [0.3, 0.4) is 0 Å². The summed E-state index contributed by atoms with van der Waals surface area (Å²) in [7, 11) is 1.78. The SMILES string of the molecule is CN(C(=O)CSC1COC1)c1ccc(N)cc1. The molecule has 0 spiro atoms. The summed E-state index contributed by atoms with van der Waals surface area (Å²) in [6.07, 6.45) is 0.